The van der Waals surface area contributed by atoms with Gasteiger partial charge in [0.25, 0.3) is 11.5 Å². The van der Waals surface area contributed by atoms with Crippen molar-refractivity contribution in [1.82, 2.24) is 15.3 Å². The highest BCUT2D eigenvalue weighted by molar-refractivity contribution is 6.05. The highest BCUT2D eigenvalue weighted by Gasteiger charge is 2.23. The van der Waals surface area contributed by atoms with Gasteiger partial charge in [0.05, 0.1) is 0 Å². The van der Waals surface area contributed by atoms with E-state index in [1.54, 1.807) is 48.2 Å². The van der Waals surface area contributed by atoms with Crippen LogP contribution >= 0.6 is 0 Å². The molecule has 0 saturated carbocycles. The van der Waals surface area contributed by atoms with E-state index >= 15 is 0 Å². The van der Waals surface area contributed by atoms with Crippen LogP contribution in [0.5, 0.6) is 0 Å². The quantitative estimate of drug-likeness (QED) is 0.623. The summed E-state index contributed by atoms with van der Waals surface area (Å²) in [4.78, 5) is 45.1. The SMILES string of the molecule is Cc1cc(=O)[nH]c(-c2cccc(NC(=O)c3ccc(N4CCNC4=O)c(C)c3)c2)n1. The van der Waals surface area contributed by atoms with Crippen molar-refractivity contribution in [3.8, 4) is 11.4 Å². The summed E-state index contributed by atoms with van der Waals surface area (Å²) >= 11 is 0. The van der Waals surface area contributed by atoms with Gasteiger partial charge in [-0.05, 0) is 49.7 Å². The van der Waals surface area contributed by atoms with Crippen LogP contribution in [0.3, 0.4) is 0 Å². The third-order valence-electron chi connectivity index (χ3n) is 4.87. The molecule has 0 unspecified atom stereocenters. The second-order valence-electron chi connectivity index (χ2n) is 7.16. The first-order valence-electron chi connectivity index (χ1n) is 9.56. The number of aryl methyl sites for hydroxylation is 2. The lowest BCUT2D eigenvalue weighted by molar-refractivity contribution is 0.102. The summed E-state index contributed by atoms with van der Waals surface area (Å²) in [5.74, 6) is 0.179. The summed E-state index contributed by atoms with van der Waals surface area (Å²) in [7, 11) is 0. The topological polar surface area (TPSA) is 107 Å². The van der Waals surface area contributed by atoms with Crippen LogP contribution in [0.1, 0.15) is 21.6 Å². The molecule has 0 atom stereocenters. The molecule has 30 heavy (non-hydrogen) atoms. The molecule has 1 aromatic heterocycles. The number of hydrogen-bond donors (Lipinski definition) is 3. The van der Waals surface area contributed by atoms with E-state index < -0.39 is 0 Å². The average molecular weight is 403 g/mol. The van der Waals surface area contributed by atoms with E-state index in [0.29, 0.717) is 41.4 Å². The minimum Gasteiger partial charge on any atom is -0.336 e. The van der Waals surface area contributed by atoms with Crippen molar-refractivity contribution in [2.24, 2.45) is 0 Å². The number of urea groups is 1. The largest absolute Gasteiger partial charge is 0.336 e. The fourth-order valence-electron chi connectivity index (χ4n) is 3.46. The van der Waals surface area contributed by atoms with Gasteiger partial charge >= 0.3 is 6.03 Å². The number of rotatable bonds is 4. The number of nitrogens with one attached hydrogen (secondary N) is 3. The summed E-state index contributed by atoms with van der Waals surface area (Å²) in [5, 5.41) is 5.64. The van der Waals surface area contributed by atoms with E-state index in [0.717, 1.165) is 11.3 Å². The molecule has 1 aliphatic heterocycles. The highest BCUT2D eigenvalue weighted by Crippen LogP contribution is 2.24. The number of carbonyl (C=O) groups excluding carboxylic acids is 2. The monoisotopic (exact) mass is 403 g/mol. The lowest BCUT2D eigenvalue weighted by Gasteiger charge is -2.17. The number of aromatic nitrogens is 2. The van der Waals surface area contributed by atoms with Crippen LogP contribution in [0.2, 0.25) is 0 Å². The van der Waals surface area contributed by atoms with Crippen molar-refractivity contribution in [1.29, 1.82) is 0 Å². The Morgan fingerprint density at radius 3 is 2.63 bits per heavy atom. The number of amides is 3. The number of hydrogen-bond acceptors (Lipinski definition) is 4. The predicted octanol–water partition coefficient (Wildman–Crippen LogP) is 2.84. The Kier molecular flexibility index (Phi) is 5.05. The summed E-state index contributed by atoms with van der Waals surface area (Å²) in [5.41, 5.74) is 3.79. The van der Waals surface area contributed by atoms with Gasteiger partial charge < -0.3 is 15.6 Å². The number of H-pyrrole nitrogens is 1. The number of carbonyl (C=O) groups is 2. The lowest BCUT2D eigenvalue weighted by Crippen LogP contribution is -2.28. The minimum atomic E-state index is -0.265. The van der Waals surface area contributed by atoms with E-state index in [4.69, 9.17) is 0 Å². The molecule has 2 heterocycles. The van der Waals surface area contributed by atoms with Crippen LogP contribution in [0.4, 0.5) is 16.2 Å². The molecule has 0 spiro atoms. The Hall–Kier alpha value is -3.94. The van der Waals surface area contributed by atoms with E-state index in [-0.39, 0.29) is 17.5 Å². The van der Waals surface area contributed by atoms with Crippen LogP contribution in [-0.2, 0) is 0 Å². The first-order chi connectivity index (χ1) is 14.4. The van der Waals surface area contributed by atoms with E-state index in [2.05, 4.69) is 20.6 Å². The van der Waals surface area contributed by atoms with Crippen molar-refractivity contribution in [3.63, 3.8) is 0 Å². The Morgan fingerprint density at radius 1 is 1.10 bits per heavy atom. The molecule has 3 N–H and O–H groups in total. The summed E-state index contributed by atoms with van der Waals surface area (Å²) < 4.78 is 0. The Morgan fingerprint density at radius 2 is 1.93 bits per heavy atom. The van der Waals surface area contributed by atoms with Crippen molar-refractivity contribution >= 4 is 23.3 Å². The van der Waals surface area contributed by atoms with Gasteiger partial charge in [0, 0.05) is 47.4 Å². The van der Waals surface area contributed by atoms with Gasteiger partial charge in [-0.25, -0.2) is 9.78 Å². The third-order valence-corrected chi connectivity index (χ3v) is 4.87. The standard InChI is InChI=1S/C22H21N5O3/c1-13-10-16(6-7-18(13)27-9-8-23-22(27)30)21(29)25-17-5-3-4-15(12-17)20-24-14(2)11-19(28)26-20/h3-7,10-12H,8-9H2,1-2H3,(H,23,30)(H,25,29)(H,24,26,28). The first kappa shape index (κ1) is 19.4. The fraction of sp³-hybridized carbons (Fsp3) is 0.182. The third kappa shape index (κ3) is 3.93. The van der Waals surface area contributed by atoms with Crippen molar-refractivity contribution < 1.29 is 9.59 Å². The van der Waals surface area contributed by atoms with Gasteiger partial charge in [-0.15, -0.1) is 0 Å². The molecular weight excluding hydrogens is 382 g/mol. The Bertz CT molecular complexity index is 1200. The molecule has 2 aromatic carbocycles. The van der Waals surface area contributed by atoms with Crippen LogP contribution in [0, 0.1) is 13.8 Å². The van der Waals surface area contributed by atoms with Crippen molar-refractivity contribution in [3.05, 3.63) is 75.7 Å². The molecule has 8 heteroatoms. The Labute approximate surface area is 173 Å². The number of benzene rings is 2. The zero-order chi connectivity index (χ0) is 21.3. The predicted molar refractivity (Wildman–Crippen MR) is 115 cm³/mol. The number of anilines is 2. The van der Waals surface area contributed by atoms with Crippen LogP contribution in [-0.4, -0.2) is 35.0 Å². The van der Waals surface area contributed by atoms with Crippen molar-refractivity contribution in [2.75, 3.05) is 23.3 Å². The maximum atomic E-state index is 12.7. The van der Waals surface area contributed by atoms with Crippen LogP contribution in [0.15, 0.2) is 53.3 Å². The Balaban J connectivity index is 1.55. The number of nitrogens with zero attached hydrogens (tertiary/aromatic N) is 2. The van der Waals surface area contributed by atoms with Gasteiger partial charge in [-0.3, -0.25) is 14.5 Å². The maximum absolute atomic E-state index is 12.7. The summed E-state index contributed by atoms with van der Waals surface area (Å²) in [6.07, 6.45) is 0. The number of aromatic amines is 1. The van der Waals surface area contributed by atoms with E-state index in [1.807, 2.05) is 13.0 Å². The normalized spacial score (nSPS) is 13.3. The smallest absolute Gasteiger partial charge is 0.322 e. The maximum Gasteiger partial charge on any atom is 0.322 e. The molecule has 8 nitrogen and oxygen atoms in total. The second-order valence-corrected chi connectivity index (χ2v) is 7.16. The summed E-state index contributed by atoms with van der Waals surface area (Å²) in [6, 6.07) is 13.7. The zero-order valence-electron chi connectivity index (χ0n) is 16.7. The molecule has 4 rings (SSSR count). The molecule has 1 fully saturated rings. The fourth-order valence-corrected chi connectivity index (χ4v) is 3.46. The molecule has 1 saturated heterocycles. The average Bonchev–Trinajstić information content (AvgIpc) is 3.13. The zero-order valence-corrected chi connectivity index (χ0v) is 16.7. The molecule has 0 radical (unpaired) electrons. The van der Waals surface area contributed by atoms with Gasteiger partial charge in [-0.2, -0.15) is 0 Å². The van der Waals surface area contributed by atoms with Gasteiger partial charge in [0.15, 0.2) is 0 Å². The molecule has 3 aromatic rings. The second kappa shape index (κ2) is 7.82. The van der Waals surface area contributed by atoms with Crippen molar-refractivity contribution in [2.45, 2.75) is 13.8 Å². The first-order valence-corrected chi connectivity index (χ1v) is 9.56. The molecule has 3 amide bonds. The molecular formula is C22H21N5O3. The van der Waals surface area contributed by atoms with Gasteiger partial charge in [-0.1, -0.05) is 12.1 Å². The highest BCUT2D eigenvalue weighted by atomic mass is 16.2. The van der Waals surface area contributed by atoms with Gasteiger partial charge in [0.2, 0.25) is 0 Å². The summed E-state index contributed by atoms with van der Waals surface area (Å²) in [6.45, 7) is 4.84. The molecule has 152 valence electrons. The lowest BCUT2D eigenvalue weighted by atomic mass is 10.1. The van der Waals surface area contributed by atoms with Crippen LogP contribution < -0.4 is 21.1 Å². The molecule has 0 aliphatic carbocycles. The van der Waals surface area contributed by atoms with E-state index in [9.17, 15) is 14.4 Å². The van der Waals surface area contributed by atoms with Crippen LogP contribution in [0.25, 0.3) is 11.4 Å². The van der Waals surface area contributed by atoms with Gasteiger partial charge in [0.1, 0.15) is 5.82 Å². The molecule has 1 aliphatic rings. The minimum absolute atomic E-state index is 0.130. The molecule has 0 bridgehead atoms. The van der Waals surface area contributed by atoms with E-state index in [1.165, 1.54) is 6.07 Å².